The number of hydrogen-bond donors (Lipinski definition) is 0. The Morgan fingerprint density at radius 3 is 2.48 bits per heavy atom. The average Bonchev–Trinajstić information content (AvgIpc) is 2.63. The highest BCUT2D eigenvalue weighted by atomic mass is 35.5. The molecule has 0 aromatic heterocycles. The van der Waals surface area contributed by atoms with E-state index < -0.39 is 10.0 Å². The van der Waals surface area contributed by atoms with Crippen LogP contribution in [0.2, 0.25) is 5.02 Å². The zero-order valence-corrected chi connectivity index (χ0v) is 16.4. The Hall–Kier alpha value is -0.660. The minimum atomic E-state index is -3.44. The maximum Gasteiger partial charge on any atom is 0.243 e. The lowest BCUT2D eigenvalue weighted by Gasteiger charge is -2.33. The van der Waals surface area contributed by atoms with Crippen molar-refractivity contribution in [2.24, 2.45) is 5.92 Å². The number of rotatable bonds is 5. The predicted molar refractivity (Wildman–Crippen MR) is 99.5 cm³/mol. The Labute approximate surface area is 155 Å². The molecule has 0 unspecified atom stereocenters. The topological polar surface area (TPSA) is 49.9 Å². The van der Waals surface area contributed by atoms with Crippen molar-refractivity contribution in [1.82, 2.24) is 9.21 Å². The van der Waals surface area contributed by atoms with Crippen molar-refractivity contribution in [3.05, 3.63) is 28.8 Å². The molecule has 2 fully saturated rings. The maximum atomic E-state index is 12.8. The van der Waals surface area contributed by atoms with Crippen LogP contribution in [-0.4, -0.2) is 63.6 Å². The Morgan fingerprint density at radius 2 is 1.84 bits per heavy atom. The van der Waals surface area contributed by atoms with Gasteiger partial charge in [0.25, 0.3) is 0 Å². The number of ether oxygens (including phenoxy) is 1. The van der Waals surface area contributed by atoms with Gasteiger partial charge in [0.1, 0.15) is 0 Å². The molecule has 140 valence electrons. The van der Waals surface area contributed by atoms with Crippen molar-refractivity contribution < 1.29 is 13.2 Å². The van der Waals surface area contributed by atoms with Crippen LogP contribution in [-0.2, 0) is 14.8 Å². The number of aryl methyl sites for hydroxylation is 1. The Morgan fingerprint density at radius 1 is 1.16 bits per heavy atom. The van der Waals surface area contributed by atoms with Gasteiger partial charge in [-0.05, 0) is 56.3 Å². The molecule has 0 spiro atoms. The Balaban J connectivity index is 1.53. The number of hydrogen-bond acceptors (Lipinski definition) is 4. The first kappa shape index (κ1) is 19.1. The van der Waals surface area contributed by atoms with E-state index >= 15 is 0 Å². The van der Waals surface area contributed by atoms with Crippen LogP contribution in [0.3, 0.4) is 0 Å². The van der Waals surface area contributed by atoms with Gasteiger partial charge in [-0.3, -0.25) is 4.90 Å². The standard InChI is InChI=1S/C18H27ClN2O3S/c1-15-2-3-17(14-18(15)19)25(22,23)21-8-5-16(6-9-21)4-7-20-10-12-24-13-11-20/h2-3,14,16H,4-13H2,1H3. The molecular formula is C18H27ClN2O3S. The van der Waals surface area contributed by atoms with Gasteiger partial charge >= 0.3 is 0 Å². The average molecular weight is 387 g/mol. The first-order valence-corrected chi connectivity index (χ1v) is 10.8. The van der Waals surface area contributed by atoms with Gasteiger partial charge in [-0.15, -0.1) is 0 Å². The van der Waals surface area contributed by atoms with Crippen molar-refractivity contribution >= 4 is 21.6 Å². The molecule has 1 aromatic carbocycles. The molecule has 25 heavy (non-hydrogen) atoms. The van der Waals surface area contributed by atoms with Crippen LogP contribution in [0.1, 0.15) is 24.8 Å². The van der Waals surface area contributed by atoms with Gasteiger partial charge < -0.3 is 4.74 Å². The maximum absolute atomic E-state index is 12.8. The Bertz CT molecular complexity index is 682. The third-order valence-electron chi connectivity index (χ3n) is 5.31. The zero-order chi connectivity index (χ0) is 17.9. The molecule has 2 aliphatic heterocycles. The summed E-state index contributed by atoms with van der Waals surface area (Å²) in [5.41, 5.74) is 0.891. The third-order valence-corrected chi connectivity index (χ3v) is 7.61. The smallest absolute Gasteiger partial charge is 0.243 e. The molecule has 0 saturated carbocycles. The molecule has 0 radical (unpaired) electrons. The van der Waals surface area contributed by atoms with Crippen LogP contribution in [0.5, 0.6) is 0 Å². The zero-order valence-electron chi connectivity index (χ0n) is 14.8. The summed E-state index contributed by atoms with van der Waals surface area (Å²) in [7, 11) is -3.44. The number of halogens is 1. The second-order valence-corrected chi connectivity index (χ2v) is 9.35. The van der Waals surface area contributed by atoms with Crippen molar-refractivity contribution in [3.63, 3.8) is 0 Å². The van der Waals surface area contributed by atoms with Gasteiger partial charge in [0.15, 0.2) is 0 Å². The highest BCUT2D eigenvalue weighted by Gasteiger charge is 2.29. The molecule has 2 saturated heterocycles. The fourth-order valence-corrected chi connectivity index (χ4v) is 5.25. The summed E-state index contributed by atoms with van der Waals surface area (Å²) in [5, 5.41) is 0.501. The molecule has 2 aliphatic rings. The number of morpholine rings is 1. The first-order valence-electron chi connectivity index (χ1n) is 9.03. The molecule has 0 atom stereocenters. The molecule has 1 aromatic rings. The van der Waals surface area contributed by atoms with Crippen LogP contribution >= 0.6 is 11.6 Å². The number of piperidine rings is 1. The SMILES string of the molecule is Cc1ccc(S(=O)(=O)N2CCC(CCN3CCOCC3)CC2)cc1Cl. The molecule has 0 amide bonds. The summed E-state index contributed by atoms with van der Waals surface area (Å²) in [5.74, 6) is 0.607. The van der Waals surface area contributed by atoms with E-state index in [-0.39, 0.29) is 0 Å². The number of sulfonamides is 1. The molecule has 7 heteroatoms. The van der Waals surface area contributed by atoms with Gasteiger partial charge in [0.05, 0.1) is 18.1 Å². The van der Waals surface area contributed by atoms with Crippen LogP contribution in [0.15, 0.2) is 23.1 Å². The summed E-state index contributed by atoms with van der Waals surface area (Å²) in [4.78, 5) is 2.75. The molecule has 0 aliphatic carbocycles. The van der Waals surface area contributed by atoms with Gasteiger partial charge in [-0.25, -0.2) is 8.42 Å². The van der Waals surface area contributed by atoms with Crippen LogP contribution < -0.4 is 0 Å². The van der Waals surface area contributed by atoms with Crippen molar-refractivity contribution in [3.8, 4) is 0 Å². The van der Waals surface area contributed by atoms with E-state index in [0.29, 0.717) is 28.9 Å². The largest absolute Gasteiger partial charge is 0.379 e. The van der Waals surface area contributed by atoms with Gasteiger partial charge in [-0.2, -0.15) is 4.31 Å². The minimum Gasteiger partial charge on any atom is -0.379 e. The molecule has 5 nitrogen and oxygen atoms in total. The normalized spacial score (nSPS) is 21.5. The fourth-order valence-electron chi connectivity index (χ4n) is 3.51. The van der Waals surface area contributed by atoms with E-state index in [2.05, 4.69) is 4.90 Å². The first-order chi connectivity index (χ1) is 12.0. The van der Waals surface area contributed by atoms with E-state index in [9.17, 15) is 8.42 Å². The molecule has 0 bridgehead atoms. The number of benzene rings is 1. The van der Waals surface area contributed by atoms with Crippen molar-refractivity contribution in [1.29, 1.82) is 0 Å². The summed E-state index contributed by atoms with van der Waals surface area (Å²) in [6.07, 6.45) is 3.01. The van der Waals surface area contributed by atoms with Crippen LogP contribution in [0.4, 0.5) is 0 Å². The van der Waals surface area contributed by atoms with Crippen molar-refractivity contribution in [2.45, 2.75) is 31.1 Å². The second kappa shape index (κ2) is 8.35. The van der Waals surface area contributed by atoms with E-state index in [4.69, 9.17) is 16.3 Å². The molecule has 2 heterocycles. The summed E-state index contributed by atoms with van der Waals surface area (Å²) in [6, 6.07) is 4.99. The minimum absolute atomic E-state index is 0.301. The lowest BCUT2D eigenvalue weighted by Crippen LogP contribution is -2.40. The summed E-state index contributed by atoms with van der Waals surface area (Å²) in [6.45, 7) is 7.85. The highest BCUT2D eigenvalue weighted by Crippen LogP contribution is 2.28. The summed E-state index contributed by atoms with van der Waals surface area (Å²) < 4.78 is 32.6. The monoisotopic (exact) mass is 386 g/mol. The van der Waals surface area contributed by atoms with E-state index in [1.807, 2.05) is 6.92 Å². The van der Waals surface area contributed by atoms with Gasteiger partial charge in [-0.1, -0.05) is 17.7 Å². The van der Waals surface area contributed by atoms with Crippen molar-refractivity contribution in [2.75, 3.05) is 45.9 Å². The molecular weight excluding hydrogens is 360 g/mol. The quantitative estimate of drug-likeness (QED) is 0.780. The highest BCUT2D eigenvalue weighted by molar-refractivity contribution is 7.89. The summed E-state index contributed by atoms with van der Waals surface area (Å²) >= 11 is 6.10. The molecule has 3 rings (SSSR count). The van der Waals surface area contributed by atoms with E-state index in [1.165, 1.54) is 0 Å². The van der Waals surface area contributed by atoms with Crippen LogP contribution in [0, 0.1) is 12.8 Å². The molecule has 0 N–H and O–H groups in total. The van der Waals surface area contributed by atoms with E-state index in [1.54, 1.807) is 22.5 Å². The van der Waals surface area contributed by atoms with Gasteiger partial charge in [0.2, 0.25) is 10.0 Å². The van der Waals surface area contributed by atoms with E-state index in [0.717, 1.165) is 57.7 Å². The predicted octanol–water partition coefficient (Wildman–Crippen LogP) is 2.77. The van der Waals surface area contributed by atoms with Gasteiger partial charge in [0, 0.05) is 31.2 Å². The number of nitrogens with zero attached hydrogens (tertiary/aromatic N) is 2. The lowest BCUT2D eigenvalue weighted by molar-refractivity contribution is 0.0343. The third kappa shape index (κ3) is 4.74. The van der Waals surface area contributed by atoms with Crippen LogP contribution in [0.25, 0.3) is 0 Å². The lowest BCUT2D eigenvalue weighted by atomic mass is 9.94. The fraction of sp³-hybridized carbons (Fsp3) is 0.667. The Kier molecular flexibility index (Phi) is 6.39. The second-order valence-electron chi connectivity index (χ2n) is 7.00.